The number of rotatable bonds is 7. The average molecular weight is 752 g/mol. The van der Waals surface area contributed by atoms with E-state index in [0.29, 0.717) is 11.6 Å². The molecular weight excluding hydrogens is 711 g/mol. The summed E-state index contributed by atoms with van der Waals surface area (Å²) in [6.45, 7) is 6.69. The summed E-state index contributed by atoms with van der Waals surface area (Å²) in [4.78, 5) is 4.86. The number of allylic oxidation sites excluding steroid dienone is 4. The van der Waals surface area contributed by atoms with Crippen LogP contribution in [0.2, 0.25) is 0 Å². The molecule has 0 radical (unpaired) electrons. The Bertz CT molecular complexity index is 3030. The number of fused-ring (bicyclic) bond motifs is 4. The van der Waals surface area contributed by atoms with Crippen molar-refractivity contribution in [3.05, 3.63) is 206 Å². The second-order valence-electron chi connectivity index (χ2n) is 15.6. The van der Waals surface area contributed by atoms with Crippen LogP contribution in [-0.2, 0) is 5.41 Å². The lowest BCUT2D eigenvalue weighted by Crippen LogP contribution is -2.32. The molecule has 58 heavy (non-hydrogen) atoms. The van der Waals surface area contributed by atoms with Gasteiger partial charge in [0, 0.05) is 23.0 Å². The molecule has 0 saturated carbocycles. The van der Waals surface area contributed by atoms with Crippen molar-refractivity contribution in [1.29, 1.82) is 0 Å². The molecule has 1 aliphatic heterocycles. The maximum absolute atomic E-state index is 6.71. The number of nitrogens with zero attached hydrogens (tertiary/aromatic N) is 4. The summed E-state index contributed by atoms with van der Waals surface area (Å²) < 4.78 is 13.2. The van der Waals surface area contributed by atoms with Crippen LogP contribution in [0.5, 0.6) is 5.75 Å². The Morgan fingerprint density at radius 1 is 0.621 bits per heavy atom. The van der Waals surface area contributed by atoms with E-state index in [-0.39, 0.29) is 5.41 Å². The van der Waals surface area contributed by atoms with Gasteiger partial charge < -0.3 is 10.1 Å². The van der Waals surface area contributed by atoms with E-state index in [1.165, 1.54) is 10.9 Å². The highest BCUT2D eigenvalue weighted by Crippen LogP contribution is 2.36. The van der Waals surface area contributed by atoms with Crippen LogP contribution in [-0.4, -0.2) is 14.1 Å². The van der Waals surface area contributed by atoms with Crippen LogP contribution in [0.25, 0.3) is 72.4 Å². The van der Waals surface area contributed by atoms with E-state index in [2.05, 4.69) is 204 Å². The van der Waals surface area contributed by atoms with E-state index in [0.717, 1.165) is 67.0 Å². The molecule has 10 rings (SSSR count). The lowest BCUT2D eigenvalue weighted by Gasteiger charge is -2.20. The molecule has 0 amide bonds. The molecule has 4 heterocycles. The average Bonchev–Trinajstić information content (AvgIpc) is 3.70. The van der Waals surface area contributed by atoms with E-state index >= 15 is 0 Å². The molecule has 1 N–H and O–H groups in total. The fraction of sp³-hybridized carbons (Fsp3) is 0.0769. The van der Waals surface area contributed by atoms with E-state index in [9.17, 15) is 0 Å². The van der Waals surface area contributed by atoms with E-state index in [1.54, 1.807) is 0 Å². The van der Waals surface area contributed by atoms with Gasteiger partial charge in [0.05, 0.1) is 27.8 Å². The third kappa shape index (κ3) is 6.25. The van der Waals surface area contributed by atoms with E-state index < -0.39 is 0 Å². The summed E-state index contributed by atoms with van der Waals surface area (Å²) in [7, 11) is 0. The highest BCUT2D eigenvalue weighted by molar-refractivity contribution is 6.09. The van der Waals surface area contributed by atoms with Crippen molar-refractivity contribution in [2.45, 2.75) is 26.2 Å². The monoisotopic (exact) mass is 751 g/mol. The first-order valence-corrected chi connectivity index (χ1v) is 19.6. The van der Waals surface area contributed by atoms with Crippen LogP contribution in [0.1, 0.15) is 26.3 Å². The van der Waals surface area contributed by atoms with Crippen LogP contribution >= 0.6 is 0 Å². The zero-order chi connectivity index (χ0) is 39.2. The fourth-order valence-electron chi connectivity index (χ4n) is 7.97. The second kappa shape index (κ2) is 14.3. The van der Waals surface area contributed by atoms with E-state index in [4.69, 9.17) is 9.72 Å². The Labute approximate surface area is 337 Å². The van der Waals surface area contributed by atoms with Crippen molar-refractivity contribution >= 4 is 38.7 Å². The molecule has 6 heteroatoms. The quantitative estimate of drug-likeness (QED) is 0.130. The molecule has 0 aliphatic carbocycles. The summed E-state index contributed by atoms with van der Waals surface area (Å²) in [5.74, 6) is 2.97. The summed E-state index contributed by atoms with van der Waals surface area (Å²) in [6, 6.07) is 55.2. The molecule has 1 aliphatic rings. The van der Waals surface area contributed by atoms with Crippen LogP contribution in [0.3, 0.4) is 0 Å². The maximum Gasteiger partial charge on any atom is 0.271 e. The van der Waals surface area contributed by atoms with E-state index in [1.807, 2.05) is 30.5 Å². The number of pyridine rings is 1. The number of hydrogen-bond acceptors (Lipinski definition) is 3. The Morgan fingerprint density at radius 3 is 2.02 bits per heavy atom. The third-order valence-corrected chi connectivity index (χ3v) is 10.8. The smallest absolute Gasteiger partial charge is 0.271 e. The lowest BCUT2D eigenvalue weighted by molar-refractivity contribution is -0.571. The van der Waals surface area contributed by atoms with Crippen molar-refractivity contribution in [2.75, 3.05) is 0 Å². The molecular formula is C52H41N5O. The number of ether oxygens (including phenoxy) is 1. The van der Waals surface area contributed by atoms with Crippen LogP contribution in [0.15, 0.2) is 194 Å². The van der Waals surface area contributed by atoms with Gasteiger partial charge in [-0.2, -0.15) is 0 Å². The molecule has 6 nitrogen and oxygen atoms in total. The van der Waals surface area contributed by atoms with Crippen molar-refractivity contribution in [3.8, 4) is 39.5 Å². The fourth-order valence-corrected chi connectivity index (χ4v) is 7.97. The van der Waals surface area contributed by atoms with Gasteiger partial charge in [0.1, 0.15) is 17.4 Å². The SMILES string of the molecule is CC(C)(C)c1ccnc(-n2c3ccccc3c3ccc(OC4=CC=CC=C(n5[c-][n+](-c6c(-c7ccccc7)cccc6-c6ccccc6)c6ccccc65)N4)cc32)c1. The van der Waals surface area contributed by atoms with Crippen molar-refractivity contribution < 1.29 is 9.30 Å². The van der Waals surface area contributed by atoms with Gasteiger partial charge in [-0.1, -0.05) is 154 Å². The van der Waals surface area contributed by atoms with Gasteiger partial charge in [-0.05, 0) is 75.7 Å². The predicted octanol–water partition coefficient (Wildman–Crippen LogP) is 11.7. The molecule has 0 spiro atoms. The Kier molecular flexibility index (Phi) is 8.60. The summed E-state index contributed by atoms with van der Waals surface area (Å²) in [6.07, 6.45) is 13.7. The normalized spacial score (nSPS) is 13.0. The largest absolute Gasteiger partial charge is 0.442 e. The van der Waals surface area contributed by atoms with Gasteiger partial charge >= 0.3 is 0 Å². The van der Waals surface area contributed by atoms with Crippen molar-refractivity contribution in [3.63, 3.8) is 0 Å². The molecule has 0 unspecified atom stereocenters. The first kappa shape index (κ1) is 35.0. The van der Waals surface area contributed by atoms with Gasteiger partial charge in [0.15, 0.2) is 5.88 Å². The first-order chi connectivity index (χ1) is 28.4. The summed E-state index contributed by atoms with van der Waals surface area (Å²) in [5.41, 5.74) is 10.9. The number of para-hydroxylation sites is 4. The molecule has 0 fully saturated rings. The zero-order valence-corrected chi connectivity index (χ0v) is 32.6. The number of imidazole rings is 1. The minimum absolute atomic E-state index is 0.0156. The highest BCUT2D eigenvalue weighted by Gasteiger charge is 2.22. The maximum atomic E-state index is 6.71. The van der Waals surface area contributed by atoms with Gasteiger partial charge in [-0.25, -0.2) is 4.98 Å². The standard InChI is InChI=1S/C52H41N5O/c1-52(2,3)38-31-32-53-49(33-38)57-44-24-11-10-21-42(44)43-30-29-39(34-47(43)57)58-50-28-15-14-27-48(54-50)55-35-56(46-26-13-12-25-45(46)55)51-40(36-17-6-4-7-18-36)22-16-23-41(51)37-19-8-5-9-20-37/h4-34,54H,1-3H3. The van der Waals surface area contributed by atoms with Gasteiger partial charge in [-0.15, -0.1) is 0 Å². The lowest BCUT2D eigenvalue weighted by atomic mass is 9.88. The van der Waals surface area contributed by atoms with Gasteiger partial charge in [0.2, 0.25) is 0 Å². The highest BCUT2D eigenvalue weighted by atomic mass is 16.5. The van der Waals surface area contributed by atoms with Crippen molar-refractivity contribution in [2.24, 2.45) is 0 Å². The third-order valence-electron chi connectivity index (χ3n) is 10.8. The Morgan fingerprint density at radius 2 is 1.28 bits per heavy atom. The van der Waals surface area contributed by atoms with Crippen LogP contribution in [0, 0.1) is 6.33 Å². The first-order valence-electron chi connectivity index (χ1n) is 19.6. The summed E-state index contributed by atoms with van der Waals surface area (Å²) in [5, 5.41) is 5.92. The molecule has 6 aromatic carbocycles. The molecule has 0 bridgehead atoms. The molecule has 280 valence electrons. The molecule has 3 aromatic heterocycles. The number of nitrogens with one attached hydrogen (secondary N) is 1. The second-order valence-corrected chi connectivity index (χ2v) is 15.6. The minimum atomic E-state index is -0.0156. The minimum Gasteiger partial charge on any atom is -0.442 e. The van der Waals surface area contributed by atoms with Crippen LogP contribution < -0.4 is 14.6 Å². The number of hydrogen-bond donors (Lipinski definition) is 1. The Balaban J connectivity index is 1.05. The zero-order valence-electron chi connectivity index (χ0n) is 32.6. The van der Waals surface area contributed by atoms with Crippen molar-refractivity contribution in [1.82, 2.24) is 19.4 Å². The topological polar surface area (TPSA) is 47.9 Å². The van der Waals surface area contributed by atoms with Gasteiger partial charge in [-0.3, -0.25) is 13.7 Å². The summed E-state index contributed by atoms with van der Waals surface area (Å²) >= 11 is 0. The molecule has 0 saturated heterocycles. The molecule has 0 atom stereocenters. The Hall–Kier alpha value is -7.44. The predicted molar refractivity (Wildman–Crippen MR) is 236 cm³/mol. The number of aromatic nitrogens is 4. The van der Waals surface area contributed by atoms with Crippen LogP contribution in [0.4, 0.5) is 0 Å². The van der Waals surface area contributed by atoms with Gasteiger partial charge in [0.25, 0.3) is 6.33 Å². The molecule has 9 aromatic rings. The number of benzene rings is 6.